The number of hydrogen-bond donors (Lipinski definition) is 2. The van der Waals surface area contributed by atoms with Gasteiger partial charge in [0.25, 0.3) is 0 Å². The van der Waals surface area contributed by atoms with E-state index >= 15 is 0 Å². The summed E-state index contributed by atoms with van der Waals surface area (Å²) in [4.78, 5) is 11.1. The Morgan fingerprint density at radius 3 is 2.64 bits per heavy atom. The van der Waals surface area contributed by atoms with Crippen molar-refractivity contribution in [1.29, 1.82) is 0 Å². The van der Waals surface area contributed by atoms with E-state index in [-0.39, 0.29) is 6.42 Å². The lowest BCUT2D eigenvalue weighted by Gasteiger charge is -2.17. The van der Waals surface area contributed by atoms with Crippen molar-refractivity contribution in [2.75, 3.05) is 11.9 Å². The van der Waals surface area contributed by atoms with Crippen molar-refractivity contribution < 1.29 is 14.6 Å². The van der Waals surface area contributed by atoms with Crippen molar-refractivity contribution in [3.63, 3.8) is 0 Å². The summed E-state index contributed by atoms with van der Waals surface area (Å²) in [6.07, 6.45) is 2.48. The van der Waals surface area contributed by atoms with Crippen molar-refractivity contribution in [2.45, 2.75) is 33.2 Å². The highest BCUT2D eigenvalue weighted by Gasteiger charge is 2.12. The Kier molecular flexibility index (Phi) is 6.63. The summed E-state index contributed by atoms with van der Waals surface area (Å²) >= 11 is 0. The van der Waals surface area contributed by atoms with Crippen LogP contribution in [0.5, 0.6) is 5.75 Å². The van der Waals surface area contributed by atoms with E-state index in [4.69, 9.17) is 9.84 Å². The van der Waals surface area contributed by atoms with E-state index in [9.17, 15) is 4.79 Å². The van der Waals surface area contributed by atoms with Gasteiger partial charge >= 0.3 is 5.97 Å². The third-order valence-corrected chi connectivity index (χ3v) is 5.86. The number of carbonyl (C=O) groups is 1. The molecular weight excluding hydrogens is 414 g/mol. The molecule has 0 bridgehead atoms. The highest BCUT2D eigenvalue weighted by molar-refractivity contribution is 5.88. The van der Waals surface area contributed by atoms with Gasteiger partial charge in [-0.3, -0.25) is 9.48 Å². The zero-order valence-corrected chi connectivity index (χ0v) is 19.3. The van der Waals surface area contributed by atoms with E-state index in [1.807, 2.05) is 43.9 Å². The molecule has 1 aromatic heterocycles. The van der Waals surface area contributed by atoms with Crippen molar-refractivity contribution >= 4 is 22.6 Å². The fourth-order valence-corrected chi connectivity index (χ4v) is 4.05. The number of aliphatic carboxylic acids is 1. The number of nitrogens with one attached hydrogen (secondary N) is 1. The number of aromatic nitrogens is 2. The molecule has 6 nitrogen and oxygen atoms in total. The Hall–Kier alpha value is -3.80. The molecule has 4 aromatic rings. The summed E-state index contributed by atoms with van der Waals surface area (Å²) in [6.45, 7) is 5.33. The first kappa shape index (κ1) is 22.4. The lowest BCUT2D eigenvalue weighted by atomic mass is 9.94. The third-order valence-electron chi connectivity index (χ3n) is 5.86. The Morgan fingerprint density at radius 1 is 1.12 bits per heavy atom. The summed E-state index contributed by atoms with van der Waals surface area (Å²) in [7, 11) is 1.93. The average molecular weight is 444 g/mol. The summed E-state index contributed by atoms with van der Waals surface area (Å²) in [6, 6.07) is 18.6. The van der Waals surface area contributed by atoms with Crippen LogP contribution in [0.25, 0.3) is 22.0 Å². The van der Waals surface area contributed by atoms with Gasteiger partial charge in [0.1, 0.15) is 5.75 Å². The van der Waals surface area contributed by atoms with Gasteiger partial charge < -0.3 is 15.2 Å². The molecule has 0 unspecified atom stereocenters. The van der Waals surface area contributed by atoms with Crippen molar-refractivity contribution in [2.24, 2.45) is 7.05 Å². The molecular formula is C27H29N3O3. The van der Waals surface area contributed by atoms with E-state index in [2.05, 4.69) is 52.9 Å². The van der Waals surface area contributed by atoms with Crippen LogP contribution in [0, 0.1) is 6.92 Å². The van der Waals surface area contributed by atoms with Gasteiger partial charge in [-0.25, -0.2) is 0 Å². The fraction of sp³-hybridized carbons (Fsp3) is 0.259. The number of nitrogens with zero attached hydrogens (tertiary/aromatic N) is 2. The maximum atomic E-state index is 11.1. The highest BCUT2D eigenvalue weighted by Crippen LogP contribution is 2.34. The van der Waals surface area contributed by atoms with Crippen LogP contribution in [-0.2, 0) is 24.8 Å². The van der Waals surface area contributed by atoms with Gasteiger partial charge in [0.05, 0.1) is 18.3 Å². The quantitative estimate of drug-likeness (QED) is 0.353. The van der Waals surface area contributed by atoms with Gasteiger partial charge in [0, 0.05) is 36.7 Å². The zero-order valence-electron chi connectivity index (χ0n) is 19.3. The van der Waals surface area contributed by atoms with Gasteiger partial charge in [-0.1, -0.05) is 18.2 Å². The smallest absolute Gasteiger partial charge is 0.303 e. The Labute approximate surface area is 193 Å². The topological polar surface area (TPSA) is 76.4 Å². The normalized spacial score (nSPS) is 11.0. The molecule has 0 aliphatic rings. The molecule has 4 rings (SSSR count). The molecule has 0 saturated heterocycles. The minimum atomic E-state index is -0.787. The second-order valence-corrected chi connectivity index (χ2v) is 8.19. The number of benzene rings is 3. The number of hydrogen-bond acceptors (Lipinski definition) is 4. The van der Waals surface area contributed by atoms with Crippen LogP contribution >= 0.6 is 0 Å². The molecule has 6 heteroatoms. The van der Waals surface area contributed by atoms with Crippen LogP contribution in [-0.4, -0.2) is 27.5 Å². The number of carboxylic acid groups (broad SMARTS) is 1. The second-order valence-electron chi connectivity index (χ2n) is 8.19. The van der Waals surface area contributed by atoms with Crippen molar-refractivity contribution in [3.8, 4) is 16.9 Å². The lowest BCUT2D eigenvalue weighted by molar-refractivity contribution is -0.136. The summed E-state index contributed by atoms with van der Waals surface area (Å²) < 4.78 is 7.40. The van der Waals surface area contributed by atoms with Crippen LogP contribution in [0.3, 0.4) is 0 Å². The van der Waals surface area contributed by atoms with Gasteiger partial charge in [-0.2, -0.15) is 5.10 Å². The molecule has 1 heterocycles. The number of ether oxygens (including phenoxy) is 1. The molecule has 0 spiro atoms. The molecule has 0 atom stereocenters. The van der Waals surface area contributed by atoms with E-state index < -0.39 is 5.97 Å². The SMILES string of the molecule is CCOc1ccc(CNc2cc(C)c(CCC(=O)O)cc2-c2ccc3c(cnn3C)c2)cc1. The maximum Gasteiger partial charge on any atom is 0.303 e. The summed E-state index contributed by atoms with van der Waals surface area (Å²) in [5, 5.41) is 18.2. The predicted octanol–water partition coefficient (Wildman–Crippen LogP) is 5.58. The molecule has 3 aromatic carbocycles. The first-order valence-electron chi connectivity index (χ1n) is 11.2. The highest BCUT2D eigenvalue weighted by atomic mass is 16.5. The molecule has 0 saturated carbocycles. The van der Waals surface area contributed by atoms with Crippen LogP contribution in [0.2, 0.25) is 0 Å². The van der Waals surface area contributed by atoms with Gasteiger partial charge in [-0.05, 0) is 78.9 Å². The third kappa shape index (κ3) is 5.17. The minimum Gasteiger partial charge on any atom is -0.494 e. The van der Waals surface area contributed by atoms with Crippen molar-refractivity contribution in [3.05, 3.63) is 77.5 Å². The lowest BCUT2D eigenvalue weighted by Crippen LogP contribution is -2.04. The predicted molar refractivity (Wildman–Crippen MR) is 132 cm³/mol. The number of rotatable bonds is 9. The molecule has 170 valence electrons. The molecule has 0 aliphatic carbocycles. The fourth-order valence-electron chi connectivity index (χ4n) is 4.05. The van der Waals surface area contributed by atoms with E-state index in [1.54, 1.807) is 0 Å². The largest absolute Gasteiger partial charge is 0.494 e. The van der Waals surface area contributed by atoms with Crippen LogP contribution in [0.1, 0.15) is 30.0 Å². The van der Waals surface area contributed by atoms with Crippen LogP contribution < -0.4 is 10.1 Å². The molecule has 0 aliphatic heterocycles. The molecule has 0 amide bonds. The van der Waals surface area contributed by atoms with Crippen LogP contribution in [0.15, 0.2) is 60.8 Å². The molecule has 0 radical (unpaired) electrons. The Morgan fingerprint density at radius 2 is 1.91 bits per heavy atom. The standard InChI is InChI=1S/C27H29N3O3/c1-4-33-23-9-5-19(6-10-23)16-28-25-13-18(2)20(8-12-27(31)32)15-24(25)21-7-11-26-22(14-21)17-29-30(26)3/h5-7,9-11,13-15,17,28H,4,8,12,16H2,1-3H3,(H,31,32). The first-order valence-corrected chi connectivity index (χ1v) is 11.2. The van der Waals surface area contributed by atoms with E-state index in [0.29, 0.717) is 19.6 Å². The van der Waals surface area contributed by atoms with Gasteiger partial charge in [0.2, 0.25) is 0 Å². The molecule has 0 fully saturated rings. The molecule has 2 N–H and O–H groups in total. The summed E-state index contributed by atoms with van der Waals surface area (Å²) in [5.41, 5.74) is 7.49. The minimum absolute atomic E-state index is 0.112. The Balaban J connectivity index is 1.67. The van der Waals surface area contributed by atoms with Crippen molar-refractivity contribution in [1.82, 2.24) is 9.78 Å². The summed E-state index contributed by atoms with van der Waals surface area (Å²) in [5.74, 6) is 0.0794. The van der Waals surface area contributed by atoms with Gasteiger partial charge in [-0.15, -0.1) is 0 Å². The van der Waals surface area contributed by atoms with Gasteiger partial charge in [0.15, 0.2) is 0 Å². The number of aryl methyl sites for hydroxylation is 3. The molecule has 33 heavy (non-hydrogen) atoms. The first-order chi connectivity index (χ1) is 15.9. The number of fused-ring (bicyclic) bond motifs is 1. The van der Waals surface area contributed by atoms with Crippen LogP contribution in [0.4, 0.5) is 5.69 Å². The average Bonchev–Trinajstić information content (AvgIpc) is 3.18. The second kappa shape index (κ2) is 9.77. The zero-order chi connectivity index (χ0) is 23.4. The van der Waals surface area contributed by atoms with E-state index in [0.717, 1.165) is 50.2 Å². The maximum absolute atomic E-state index is 11.1. The monoisotopic (exact) mass is 443 g/mol. The Bertz CT molecular complexity index is 1280. The van der Waals surface area contributed by atoms with E-state index in [1.165, 1.54) is 0 Å². The number of carboxylic acids is 1. The number of anilines is 1.